The van der Waals surface area contributed by atoms with Crippen LogP contribution in [0.2, 0.25) is 0 Å². The molecule has 5 heteroatoms. The smallest absolute Gasteiger partial charge is 0.228 e. The standard InChI is InChI=1S/C15H15FN2O2/c1-10-5-6-17-14(7-10)18-15(20)9-13(19)11-3-2-4-12(16)8-11/h2-8,13,19H,9H2,1H3,(H,17,18,20). The summed E-state index contributed by atoms with van der Waals surface area (Å²) >= 11 is 0. The number of rotatable bonds is 4. The first-order valence-corrected chi connectivity index (χ1v) is 6.20. The van der Waals surface area contributed by atoms with E-state index < -0.39 is 11.9 Å². The molecule has 1 atom stereocenters. The Morgan fingerprint density at radius 1 is 1.40 bits per heavy atom. The Morgan fingerprint density at radius 2 is 2.20 bits per heavy atom. The van der Waals surface area contributed by atoms with Gasteiger partial charge in [-0.1, -0.05) is 12.1 Å². The summed E-state index contributed by atoms with van der Waals surface area (Å²) < 4.78 is 13.0. The van der Waals surface area contributed by atoms with E-state index in [1.165, 1.54) is 18.2 Å². The number of hydrogen-bond acceptors (Lipinski definition) is 3. The number of carbonyl (C=O) groups is 1. The van der Waals surface area contributed by atoms with Crippen molar-refractivity contribution in [3.63, 3.8) is 0 Å². The molecule has 0 bridgehead atoms. The molecule has 4 nitrogen and oxygen atoms in total. The van der Waals surface area contributed by atoms with E-state index in [0.29, 0.717) is 11.4 Å². The van der Waals surface area contributed by atoms with Crippen molar-refractivity contribution >= 4 is 11.7 Å². The first-order chi connectivity index (χ1) is 9.54. The number of halogens is 1. The number of pyridine rings is 1. The summed E-state index contributed by atoms with van der Waals surface area (Å²) in [5.74, 6) is -0.386. The highest BCUT2D eigenvalue weighted by Gasteiger charge is 2.14. The second-order valence-corrected chi connectivity index (χ2v) is 4.54. The number of aliphatic hydroxyl groups is 1. The molecular weight excluding hydrogens is 259 g/mol. The molecule has 104 valence electrons. The van der Waals surface area contributed by atoms with Crippen molar-refractivity contribution in [2.75, 3.05) is 5.32 Å². The number of amides is 1. The van der Waals surface area contributed by atoms with Crippen molar-refractivity contribution < 1.29 is 14.3 Å². The zero-order chi connectivity index (χ0) is 14.5. The molecule has 1 heterocycles. The second-order valence-electron chi connectivity index (χ2n) is 4.54. The summed E-state index contributed by atoms with van der Waals surface area (Å²) in [4.78, 5) is 15.8. The maximum atomic E-state index is 13.0. The van der Waals surface area contributed by atoms with E-state index in [4.69, 9.17) is 0 Å². The van der Waals surface area contributed by atoms with Crippen molar-refractivity contribution in [1.82, 2.24) is 4.98 Å². The predicted octanol–water partition coefficient (Wildman–Crippen LogP) is 2.59. The maximum absolute atomic E-state index is 13.0. The lowest BCUT2D eigenvalue weighted by Gasteiger charge is -2.11. The van der Waals surface area contributed by atoms with Gasteiger partial charge in [0.2, 0.25) is 5.91 Å². The molecule has 0 aliphatic heterocycles. The van der Waals surface area contributed by atoms with Gasteiger partial charge in [-0.25, -0.2) is 9.37 Å². The number of benzene rings is 1. The highest BCUT2D eigenvalue weighted by Crippen LogP contribution is 2.18. The van der Waals surface area contributed by atoms with Crippen LogP contribution in [0, 0.1) is 12.7 Å². The first-order valence-electron chi connectivity index (χ1n) is 6.20. The number of anilines is 1. The molecule has 0 aliphatic rings. The molecule has 20 heavy (non-hydrogen) atoms. The minimum absolute atomic E-state index is 0.154. The Hall–Kier alpha value is -2.27. The third-order valence-corrected chi connectivity index (χ3v) is 2.80. The fourth-order valence-corrected chi connectivity index (χ4v) is 1.81. The molecule has 0 saturated heterocycles. The van der Waals surface area contributed by atoms with Crippen LogP contribution >= 0.6 is 0 Å². The van der Waals surface area contributed by atoms with Crippen LogP contribution in [-0.2, 0) is 4.79 Å². The van der Waals surface area contributed by atoms with Gasteiger partial charge in [0.05, 0.1) is 12.5 Å². The molecule has 0 spiro atoms. The minimum atomic E-state index is -1.05. The van der Waals surface area contributed by atoms with E-state index in [0.717, 1.165) is 5.56 Å². The molecule has 1 aromatic carbocycles. The number of aryl methyl sites for hydroxylation is 1. The van der Waals surface area contributed by atoms with E-state index in [2.05, 4.69) is 10.3 Å². The van der Waals surface area contributed by atoms with Crippen molar-refractivity contribution in [1.29, 1.82) is 0 Å². The van der Waals surface area contributed by atoms with Crippen LogP contribution in [0.5, 0.6) is 0 Å². The largest absolute Gasteiger partial charge is 0.388 e. The average molecular weight is 274 g/mol. The quantitative estimate of drug-likeness (QED) is 0.900. The SMILES string of the molecule is Cc1ccnc(NC(=O)CC(O)c2cccc(F)c2)c1. The van der Waals surface area contributed by atoms with E-state index in [1.807, 2.05) is 13.0 Å². The minimum Gasteiger partial charge on any atom is -0.388 e. The van der Waals surface area contributed by atoms with Gasteiger partial charge in [-0.05, 0) is 42.3 Å². The molecular formula is C15H15FN2O2. The monoisotopic (exact) mass is 274 g/mol. The molecule has 2 N–H and O–H groups in total. The van der Waals surface area contributed by atoms with Gasteiger partial charge in [0.1, 0.15) is 11.6 Å². The van der Waals surface area contributed by atoms with Crippen LogP contribution in [0.25, 0.3) is 0 Å². The Balaban J connectivity index is 1.97. The van der Waals surface area contributed by atoms with E-state index in [-0.39, 0.29) is 12.3 Å². The molecule has 1 aromatic heterocycles. The van der Waals surface area contributed by atoms with E-state index >= 15 is 0 Å². The number of aromatic nitrogens is 1. The highest BCUT2D eigenvalue weighted by molar-refractivity contribution is 5.90. The lowest BCUT2D eigenvalue weighted by molar-refractivity contribution is -0.118. The van der Waals surface area contributed by atoms with Crippen LogP contribution in [-0.4, -0.2) is 16.0 Å². The first kappa shape index (κ1) is 14.1. The maximum Gasteiger partial charge on any atom is 0.228 e. The average Bonchev–Trinajstić information content (AvgIpc) is 2.38. The van der Waals surface area contributed by atoms with Crippen molar-refractivity contribution in [2.24, 2.45) is 0 Å². The van der Waals surface area contributed by atoms with Crippen molar-refractivity contribution in [2.45, 2.75) is 19.4 Å². The zero-order valence-electron chi connectivity index (χ0n) is 11.0. The topological polar surface area (TPSA) is 62.2 Å². The van der Waals surface area contributed by atoms with Gasteiger partial charge in [0, 0.05) is 6.20 Å². The van der Waals surface area contributed by atoms with Crippen LogP contribution in [0.4, 0.5) is 10.2 Å². The molecule has 0 saturated carbocycles. The summed E-state index contributed by atoms with van der Waals surface area (Å²) in [7, 11) is 0. The zero-order valence-corrected chi connectivity index (χ0v) is 11.0. The lowest BCUT2D eigenvalue weighted by atomic mass is 10.1. The third kappa shape index (κ3) is 3.86. The molecule has 0 aliphatic carbocycles. The van der Waals surface area contributed by atoms with Crippen LogP contribution < -0.4 is 5.32 Å². The third-order valence-electron chi connectivity index (χ3n) is 2.80. The van der Waals surface area contributed by atoms with Crippen molar-refractivity contribution in [3.05, 3.63) is 59.5 Å². The van der Waals surface area contributed by atoms with Gasteiger partial charge < -0.3 is 10.4 Å². The summed E-state index contributed by atoms with van der Waals surface area (Å²) in [6, 6.07) is 9.11. The Labute approximate surface area is 116 Å². The second kappa shape index (κ2) is 6.25. The van der Waals surface area contributed by atoms with Gasteiger partial charge in [0.15, 0.2) is 0 Å². The normalized spacial score (nSPS) is 11.9. The number of carbonyl (C=O) groups excluding carboxylic acids is 1. The number of hydrogen-bond donors (Lipinski definition) is 2. The summed E-state index contributed by atoms with van der Waals surface area (Å²) in [5.41, 5.74) is 1.35. The predicted molar refractivity (Wildman–Crippen MR) is 73.6 cm³/mol. The molecule has 1 unspecified atom stereocenters. The lowest BCUT2D eigenvalue weighted by Crippen LogP contribution is -2.16. The highest BCUT2D eigenvalue weighted by atomic mass is 19.1. The van der Waals surface area contributed by atoms with Crippen LogP contribution in [0.1, 0.15) is 23.7 Å². The number of nitrogens with zero attached hydrogens (tertiary/aromatic N) is 1. The number of nitrogens with one attached hydrogen (secondary N) is 1. The summed E-state index contributed by atoms with van der Waals surface area (Å²) in [6.07, 6.45) is 0.392. The van der Waals surface area contributed by atoms with Crippen molar-refractivity contribution in [3.8, 4) is 0 Å². The van der Waals surface area contributed by atoms with Gasteiger partial charge in [-0.3, -0.25) is 4.79 Å². The summed E-state index contributed by atoms with van der Waals surface area (Å²) in [6.45, 7) is 1.89. The Morgan fingerprint density at radius 3 is 2.90 bits per heavy atom. The summed E-state index contributed by atoms with van der Waals surface area (Å²) in [5, 5.41) is 12.5. The molecule has 0 radical (unpaired) electrons. The van der Waals surface area contributed by atoms with Crippen LogP contribution in [0.3, 0.4) is 0 Å². The number of aliphatic hydroxyl groups excluding tert-OH is 1. The van der Waals surface area contributed by atoms with E-state index in [9.17, 15) is 14.3 Å². The van der Waals surface area contributed by atoms with Gasteiger partial charge >= 0.3 is 0 Å². The Bertz CT molecular complexity index is 616. The fourth-order valence-electron chi connectivity index (χ4n) is 1.81. The Kier molecular flexibility index (Phi) is 4.42. The molecule has 2 aromatic rings. The molecule has 1 amide bonds. The molecule has 0 fully saturated rings. The van der Waals surface area contributed by atoms with Gasteiger partial charge in [0.25, 0.3) is 0 Å². The van der Waals surface area contributed by atoms with Gasteiger partial charge in [-0.2, -0.15) is 0 Å². The van der Waals surface area contributed by atoms with E-state index in [1.54, 1.807) is 18.3 Å². The van der Waals surface area contributed by atoms with Gasteiger partial charge in [-0.15, -0.1) is 0 Å². The fraction of sp³-hybridized carbons (Fsp3) is 0.200. The molecule has 2 rings (SSSR count). The van der Waals surface area contributed by atoms with Crippen LogP contribution in [0.15, 0.2) is 42.6 Å².